The SMILES string of the molecule is CCC(N)(CC)CNC(=O)c1cccc([N+](=O)[O-])c1OC. The van der Waals surface area contributed by atoms with Gasteiger partial charge < -0.3 is 15.8 Å². The molecular weight excluding hydrogens is 274 g/mol. The summed E-state index contributed by atoms with van der Waals surface area (Å²) < 4.78 is 5.01. The number of nitro benzene ring substituents is 1. The number of nitrogens with one attached hydrogen (secondary N) is 1. The lowest BCUT2D eigenvalue weighted by atomic mass is 9.94. The molecule has 0 heterocycles. The summed E-state index contributed by atoms with van der Waals surface area (Å²) in [6.45, 7) is 4.19. The molecule has 0 spiro atoms. The zero-order chi connectivity index (χ0) is 16.0. The first-order valence-electron chi connectivity index (χ1n) is 6.77. The maximum atomic E-state index is 12.2. The van der Waals surface area contributed by atoms with E-state index in [1.54, 1.807) is 0 Å². The van der Waals surface area contributed by atoms with Gasteiger partial charge in [0.1, 0.15) is 0 Å². The topological polar surface area (TPSA) is 107 Å². The lowest BCUT2D eigenvalue weighted by Crippen LogP contribution is -2.49. The van der Waals surface area contributed by atoms with Crippen LogP contribution in [0.2, 0.25) is 0 Å². The highest BCUT2D eigenvalue weighted by molar-refractivity contribution is 5.98. The van der Waals surface area contributed by atoms with Gasteiger partial charge in [-0.3, -0.25) is 14.9 Å². The molecule has 3 N–H and O–H groups in total. The average Bonchev–Trinajstić information content (AvgIpc) is 2.51. The summed E-state index contributed by atoms with van der Waals surface area (Å²) in [5.74, 6) is -0.483. The van der Waals surface area contributed by atoms with E-state index in [-0.39, 0.29) is 17.0 Å². The van der Waals surface area contributed by atoms with Crippen molar-refractivity contribution in [3.63, 3.8) is 0 Å². The second-order valence-electron chi connectivity index (χ2n) is 4.87. The molecule has 0 atom stereocenters. The van der Waals surface area contributed by atoms with Gasteiger partial charge in [-0.2, -0.15) is 0 Å². The summed E-state index contributed by atoms with van der Waals surface area (Å²) >= 11 is 0. The van der Waals surface area contributed by atoms with Crippen LogP contribution in [0, 0.1) is 10.1 Å². The standard InChI is InChI=1S/C14H21N3O4/c1-4-14(15,5-2)9-16-13(18)10-7-6-8-11(17(19)20)12(10)21-3/h6-8H,4-5,9,15H2,1-3H3,(H,16,18). The highest BCUT2D eigenvalue weighted by Gasteiger charge is 2.25. The van der Waals surface area contributed by atoms with Gasteiger partial charge in [-0.25, -0.2) is 0 Å². The molecular formula is C14H21N3O4. The molecule has 0 aliphatic carbocycles. The minimum Gasteiger partial charge on any atom is -0.490 e. The lowest BCUT2D eigenvalue weighted by molar-refractivity contribution is -0.385. The van der Waals surface area contributed by atoms with Crippen molar-refractivity contribution in [2.24, 2.45) is 5.73 Å². The fourth-order valence-corrected chi connectivity index (χ4v) is 1.91. The molecule has 21 heavy (non-hydrogen) atoms. The van der Waals surface area contributed by atoms with Crippen LogP contribution in [0.1, 0.15) is 37.0 Å². The number of amides is 1. The molecule has 0 aliphatic rings. The molecule has 116 valence electrons. The minimum atomic E-state index is -0.582. The van der Waals surface area contributed by atoms with Crippen molar-refractivity contribution in [2.75, 3.05) is 13.7 Å². The molecule has 0 aromatic heterocycles. The van der Waals surface area contributed by atoms with E-state index < -0.39 is 16.4 Å². The highest BCUT2D eigenvalue weighted by Crippen LogP contribution is 2.30. The van der Waals surface area contributed by atoms with Crippen LogP contribution in [0.5, 0.6) is 5.75 Å². The molecule has 1 aromatic carbocycles. The Morgan fingerprint density at radius 2 is 2.05 bits per heavy atom. The number of para-hydroxylation sites is 1. The molecule has 0 unspecified atom stereocenters. The molecule has 7 heteroatoms. The number of nitro groups is 1. The van der Waals surface area contributed by atoms with Crippen molar-refractivity contribution in [1.29, 1.82) is 0 Å². The molecule has 7 nitrogen and oxygen atoms in total. The van der Waals surface area contributed by atoms with Crippen molar-refractivity contribution in [3.05, 3.63) is 33.9 Å². The number of ether oxygens (including phenoxy) is 1. The number of methoxy groups -OCH3 is 1. The van der Waals surface area contributed by atoms with E-state index in [4.69, 9.17) is 10.5 Å². The van der Waals surface area contributed by atoms with Crippen molar-refractivity contribution in [3.8, 4) is 5.75 Å². The summed E-state index contributed by atoms with van der Waals surface area (Å²) in [5.41, 5.74) is 5.52. The van der Waals surface area contributed by atoms with Crippen molar-refractivity contribution < 1.29 is 14.5 Å². The van der Waals surface area contributed by atoms with Crippen LogP contribution in [0.4, 0.5) is 5.69 Å². The zero-order valence-electron chi connectivity index (χ0n) is 12.5. The molecule has 0 bridgehead atoms. The van der Waals surface area contributed by atoms with Gasteiger partial charge in [0.05, 0.1) is 17.6 Å². The van der Waals surface area contributed by atoms with Gasteiger partial charge in [-0.1, -0.05) is 19.9 Å². The second-order valence-corrected chi connectivity index (χ2v) is 4.87. The number of rotatable bonds is 7. The number of carbonyl (C=O) groups is 1. The van der Waals surface area contributed by atoms with Crippen LogP contribution in [0.3, 0.4) is 0 Å². The number of hydrogen-bond acceptors (Lipinski definition) is 5. The van der Waals surface area contributed by atoms with Crippen LogP contribution in [-0.4, -0.2) is 30.0 Å². The summed E-state index contributed by atoms with van der Waals surface area (Å²) in [5, 5.41) is 13.7. The second kappa shape index (κ2) is 7.03. The first kappa shape index (κ1) is 16.9. The van der Waals surface area contributed by atoms with E-state index in [2.05, 4.69) is 5.32 Å². The quantitative estimate of drug-likeness (QED) is 0.589. The first-order chi connectivity index (χ1) is 9.88. The molecule has 0 saturated carbocycles. The van der Waals surface area contributed by atoms with Crippen LogP contribution < -0.4 is 15.8 Å². The van der Waals surface area contributed by atoms with Gasteiger partial charge in [0, 0.05) is 18.2 Å². The molecule has 1 rings (SSSR count). The third-order valence-electron chi connectivity index (χ3n) is 3.65. The Kier molecular flexibility index (Phi) is 5.66. The minimum absolute atomic E-state index is 0.0457. The van der Waals surface area contributed by atoms with E-state index in [0.717, 1.165) is 12.8 Å². The number of carbonyl (C=O) groups excluding carboxylic acids is 1. The van der Waals surface area contributed by atoms with E-state index in [0.29, 0.717) is 6.54 Å². The summed E-state index contributed by atoms with van der Waals surface area (Å²) in [6.07, 6.45) is 1.44. The van der Waals surface area contributed by atoms with Gasteiger partial charge in [0.2, 0.25) is 5.75 Å². The van der Waals surface area contributed by atoms with Gasteiger partial charge in [-0.05, 0) is 18.9 Å². The zero-order valence-corrected chi connectivity index (χ0v) is 12.5. The van der Waals surface area contributed by atoms with E-state index in [1.165, 1.54) is 25.3 Å². The molecule has 0 aliphatic heterocycles. The van der Waals surface area contributed by atoms with Gasteiger partial charge in [0.25, 0.3) is 5.91 Å². The van der Waals surface area contributed by atoms with Crippen LogP contribution in [0.15, 0.2) is 18.2 Å². The first-order valence-corrected chi connectivity index (χ1v) is 6.77. The van der Waals surface area contributed by atoms with Crippen molar-refractivity contribution in [2.45, 2.75) is 32.2 Å². The smallest absolute Gasteiger partial charge is 0.311 e. The van der Waals surface area contributed by atoms with E-state index in [9.17, 15) is 14.9 Å². The van der Waals surface area contributed by atoms with Gasteiger partial charge >= 0.3 is 5.69 Å². The van der Waals surface area contributed by atoms with Crippen LogP contribution >= 0.6 is 0 Å². The van der Waals surface area contributed by atoms with Crippen LogP contribution in [-0.2, 0) is 0 Å². The molecule has 1 aromatic rings. The molecule has 0 fully saturated rings. The summed E-state index contributed by atoms with van der Waals surface area (Å²) in [6, 6.07) is 4.23. The lowest BCUT2D eigenvalue weighted by Gasteiger charge is -2.26. The summed E-state index contributed by atoms with van der Waals surface area (Å²) in [7, 11) is 1.30. The van der Waals surface area contributed by atoms with Gasteiger partial charge in [-0.15, -0.1) is 0 Å². The van der Waals surface area contributed by atoms with Crippen molar-refractivity contribution in [1.82, 2.24) is 5.32 Å². The molecule has 1 amide bonds. The number of hydrogen-bond donors (Lipinski definition) is 2. The third kappa shape index (κ3) is 3.91. The highest BCUT2D eigenvalue weighted by atomic mass is 16.6. The summed E-state index contributed by atoms with van der Waals surface area (Å²) in [4.78, 5) is 22.6. The third-order valence-corrected chi connectivity index (χ3v) is 3.65. The van der Waals surface area contributed by atoms with E-state index in [1.807, 2.05) is 13.8 Å². The predicted octanol–water partition coefficient (Wildman–Crippen LogP) is 1.85. The van der Waals surface area contributed by atoms with Crippen LogP contribution in [0.25, 0.3) is 0 Å². The Hall–Kier alpha value is -2.15. The maximum absolute atomic E-state index is 12.2. The largest absolute Gasteiger partial charge is 0.490 e. The average molecular weight is 295 g/mol. The molecule has 0 saturated heterocycles. The fourth-order valence-electron chi connectivity index (χ4n) is 1.91. The molecule has 0 radical (unpaired) electrons. The number of benzene rings is 1. The monoisotopic (exact) mass is 295 g/mol. The maximum Gasteiger partial charge on any atom is 0.311 e. The Balaban J connectivity index is 2.98. The predicted molar refractivity (Wildman–Crippen MR) is 79.5 cm³/mol. The normalized spacial score (nSPS) is 11.0. The van der Waals surface area contributed by atoms with Gasteiger partial charge in [0.15, 0.2) is 0 Å². The Morgan fingerprint density at radius 1 is 1.43 bits per heavy atom. The Morgan fingerprint density at radius 3 is 2.52 bits per heavy atom. The fraction of sp³-hybridized carbons (Fsp3) is 0.500. The van der Waals surface area contributed by atoms with Crippen molar-refractivity contribution >= 4 is 11.6 Å². The van der Waals surface area contributed by atoms with E-state index >= 15 is 0 Å². The number of nitrogens with zero attached hydrogens (tertiary/aromatic N) is 1. The number of nitrogens with two attached hydrogens (primary N) is 1. The Bertz CT molecular complexity index is 527. The Labute approximate surface area is 123 Å².